The van der Waals surface area contributed by atoms with Gasteiger partial charge in [-0.1, -0.05) is 19.3 Å². The van der Waals surface area contributed by atoms with Crippen LogP contribution in [0.3, 0.4) is 0 Å². The van der Waals surface area contributed by atoms with Crippen molar-refractivity contribution in [2.75, 3.05) is 45.9 Å². The average Bonchev–Trinajstić information content (AvgIpc) is 2.47. The number of ether oxygens (including phenoxy) is 1. The molecule has 5 heteroatoms. The van der Waals surface area contributed by atoms with Crippen LogP contribution in [0.5, 0.6) is 0 Å². The second-order valence-corrected chi connectivity index (χ2v) is 5.52. The van der Waals surface area contributed by atoms with Crippen LogP contribution < -0.4 is 10.6 Å². The van der Waals surface area contributed by atoms with Crippen LogP contribution in [0.2, 0.25) is 0 Å². The first-order valence-electron chi connectivity index (χ1n) is 7.65. The molecule has 1 saturated heterocycles. The molecule has 0 radical (unpaired) electrons. The summed E-state index contributed by atoms with van der Waals surface area (Å²) in [5.74, 6) is 0.124. The van der Waals surface area contributed by atoms with Gasteiger partial charge in [0.15, 0.2) is 0 Å². The maximum atomic E-state index is 11.7. The van der Waals surface area contributed by atoms with E-state index in [1.807, 2.05) is 0 Å². The lowest BCUT2D eigenvalue weighted by molar-refractivity contribution is -0.120. The lowest BCUT2D eigenvalue weighted by Crippen LogP contribution is -2.44. The molecule has 2 fully saturated rings. The van der Waals surface area contributed by atoms with Crippen molar-refractivity contribution in [1.82, 2.24) is 15.5 Å². The number of nitrogens with one attached hydrogen (secondary N) is 2. The van der Waals surface area contributed by atoms with Crippen molar-refractivity contribution in [3.63, 3.8) is 0 Å². The predicted molar refractivity (Wildman–Crippen MR) is 75.1 cm³/mol. The molecule has 1 aliphatic heterocycles. The molecular weight excluding hydrogens is 242 g/mol. The molecule has 0 aromatic carbocycles. The van der Waals surface area contributed by atoms with E-state index in [2.05, 4.69) is 15.5 Å². The van der Waals surface area contributed by atoms with E-state index >= 15 is 0 Å². The lowest BCUT2D eigenvalue weighted by atomic mass is 9.95. The molecule has 19 heavy (non-hydrogen) atoms. The molecule has 0 unspecified atom stereocenters. The fraction of sp³-hybridized carbons (Fsp3) is 0.929. The topological polar surface area (TPSA) is 53.6 Å². The summed E-state index contributed by atoms with van der Waals surface area (Å²) in [6, 6.07) is 0.554. The minimum Gasteiger partial charge on any atom is -0.379 e. The maximum Gasteiger partial charge on any atom is 0.234 e. The third-order valence-electron chi connectivity index (χ3n) is 4.01. The van der Waals surface area contributed by atoms with Gasteiger partial charge in [-0.05, 0) is 12.8 Å². The van der Waals surface area contributed by atoms with Gasteiger partial charge in [-0.3, -0.25) is 9.69 Å². The number of hydrogen-bond donors (Lipinski definition) is 2. The molecule has 0 atom stereocenters. The van der Waals surface area contributed by atoms with Crippen LogP contribution in [0.1, 0.15) is 32.1 Å². The van der Waals surface area contributed by atoms with Gasteiger partial charge in [-0.25, -0.2) is 0 Å². The fourth-order valence-corrected chi connectivity index (χ4v) is 2.78. The summed E-state index contributed by atoms with van der Waals surface area (Å²) in [5, 5.41) is 6.35. The Bertz CT molecular complexity index is 261. The number of hydrogen-bond acceptors (Lipinski definition) is 4. The van der Waals surface area contributed by atoms with Crippen molar-refractivity contribution in [1.29, 1.82) is 0 Å². The third kappa shape index (κ3) is 5.89. The summed E-state index contributed by atoms with van der Waals surface area (Å²) < 4.78 is 5.29. The highest BCUT2D eigenvalue weighted by Crippen LogP contribution is 2.16. The number of carbonyl (C=O) groups excluding carboxylic acids is 1. The van der Waals surface area contributed by atoms with Crippen molar-refractivity contribution in [2.24, 2.45) is 0 Å². The van der Waals surface area contributed by atoms with Gasteiger partial charge in [0.2, 0.25) is 5.91 Å². The summed E-state index contributed by atoms with van der Waals surface area (Å²) >= 11 is 0. The standard InChI is InChI=1S/C14H27N3O2/c18-14(12-16-13-4-2-1-3-5-13)15-6-7-17-8-10-19-11-9-17/h13,16H,1-12H2,(H,15,18). The van der Waals surface area contributed by atoms with Gasteiger partial charge in [0.05, 0.1) is 19.8 Å². The Morgan fingerprint density at radius 2 is 1.89 bits per heavy atom. The summed E-state index contributed by atoms with van der Waals surface area (Å²) in [7, 11) is 0. The fourth-order valence-electron chi connectivity index (χ4n) is 2.78. The minimum atomic E-state index is 0.124. The maximum absolute atomic E-state index is 11.7. The van der Waals surface area contributed by atoms with Crippen LogP contribution in [0, 0.1) is 0 Å². The van der Waals surface area contributed by atoms with Crippen LogP contribution in [0.4, 0.5) is 0 Å². The molecule has 5 nitrogen and oxygen atoms in total. The number of carbonyl (C=O) groups is 1. The van der Waals surface area contributed by atoms with Crippen LogP contribution in [-0.4, -0.2) is 62.8 Å². The summed E-state index contributed by atoms with van der Waals surface area (Å²) in [4.78, 5) is 14.0. The molecule has 0 bridgehead atoms. The van der Waals surface area contributed by atoms with Crippen molar-refractivity contribution in [2.45, 2.75) is 38.1 Å². The Morgan fingerprint density at radius 1 is 1.16 bits per heavy atom. The summed E-state index contributed by atoms with van der Waals surface area (Å²) in [6.45, 7) is 5.73. The van der Waals surface area contributed by atoms with E-state index in [1.165, 1.54) is 32.1 Å². The van der Waals surface area contributed by atoms with Crippen molar-refractivity contribution >= 4 is 5.91 Å². The highest BCUT2D eigenvalue weighted by Gasteiger charge is 2.14. The van der Waals surface area contributed by atoms with Crippen LogP contribution in [-0.2, 0) is 9.53 Å². The van der Waals surface area contributed by atoms with Gasteiger partial charge in [-0.2, -0.15) is 0 Å². The van der Waals surface area contributed by atoms with E-state index in [1.54, 1.807) is 0 Å². The molecule has 2 rings (SSSR count). The molecule has 1 saturated carbocycles. The molecule has 0 aromatic rings. The lowest BCUT2D eigenvalue weighted by Gasteiger charge is -2.26. The van der Waals surface area contributed by atoms with E-state index in [-0.39, 0.29) is 5.91 Å². The number of nitrogens with zero attached hydrogens (tertiary/aromatic N) is 1. The molecule has 110 valence electrons. The Balaban J connectivity index is 1.49. The molecule has 1 amide bonds. The number of morpholine rings is 1. The van der Waals surface area contributed by atoms with E-state index in [4.69, 9.17) is 4.74 Å². The molecule has 1 heterocycles. The van der Waals surface area contributed by atoms with Crippen LogP contribution >= 0.6 is 0 Å². The van der Waals surface area contributed by atoms with Gasteiger partial charge >= 0.3 is 0 Å². The zero-order valence-electron chi connectivity index (χ0n) is 11.8. The zero-order valence-corrected chi connectivity index (χ0v) is 11.8. The summed E-state index contributed by atoms with van der Waals surface area (Å²) in [5.41, 5.74) is 0. The molecule has 0 aromatic heterocycles. The first-order valence-corrected chi connectivity index (χ1v) is 7.65. The molecule has 0 spiro atoms. The Hall–Kier alpha value is -0.650. The van der Waals surface area contributed by atoms with Gasteiger partial charge in [-0.15, -0.1) is 0 Å². The first kappa shape index (κ1) is 14.8. The van der Waals surface area contributed by atoms with E-state index in [0.29, 0.717) is 12.6 Å². The molecule has 2 N–H and O–H groups in total. The van der Waals surface area contributed by atoms with Gasteiger partial charge in [0.25, 0.3) is 0 Å². The molecule has 1 aliphatic carbocycles. The highest BCUT2D eigenvalue weighted by molar-refractivity contribution is 5.77. The zero-order chi connectivity index (χ0) is 13.3. The van der Waals surface area contributed by atoms with Crippen molar-refractivity contribution in [3.05, 3.63) is 0 Å². The average molecular weight is 269 g/mol. The quantitative estimate of drug-likeness (QED) is 0.731. The number of amides is 1. The molecule has 2 aliphatic rings. The Morgan fingerprint density at radius 3 is 2.63 bits per heavy atom. The number of rotatable bonds is 6. The smallest absolute Gasteiger partial charge is 0.234 e. The Labute approximate surface area is 116 Å². The van der Waals surface area contributed by atoms with E-state index < -0.39 is 0 Å². The van der Waals surface area contributed by atoms with Gasteiger partial charge in [0, 0.05) is 32.2 Å². The van der Waals surface area contributed by atoms with Crippen molar-refractivity contribution in [3.8, 4) is 0 Å². The van der Waals surface area contributed by atoms with E-state index in [0.717, 1.165) is 39.4 Å². The van der Waals surface area contributed by atoms with Gasteiger partial charge in [0.1, 0.15) is 0 Å². The highest BCUT2D eigenvalue weighted by atomic mass is 16.5. The SMILES string of the molecule is O=C(CNC1CCCCC1)NCCN1CCOCC1. The Kier molecular flexibility index (Phi) is 6.61. The minimum absolute atomic E-state index is 0.124. The van der Waals surface area contributed by atoms with Crippen LogP contribution in [0.25, 0.3) is 0 Å². The van der Waals surface area contributed by atoms with Crippen LogP contribution in [0.15, 0.2) is 0 Å². The second-order valence-electron chi connectivity index (χ2n) is 5.52. The van der Waals surface area contributed by atoms with E-state index in [9.17, 15) is 4.79 Å². The van der Waals surface area contributed by atoms with Crippen molar-refractivity contribution < 1.29 is 9.53 Å². The first-order chi connectivity index (χ1) is 9.34. The predicted octanol–water partition coefficient (Wildman–Crippen LogP) is 0.357. The largest absolute Gasteiger partial charge is 0.379 e. The molecular formula is C14H27N3O2. The summed E-state index contributed by atoms with van der Waals surface area (Å²) in [6.07, 6.45) is 6.40. The normalized spacial score (nSPS) is 22.3. The monoisotopic (exact) mass is 269 g/mol. The van der Waals surface area contributed by atoms with Gasteiger partial charge < -0.3 is 15.4 Å². The third-order valence-corrected chi connectivity index (χ3v) is 4.01. The second kappa shape index (κ2) is 8.51.